The fraction of sp³-hybridized carbons (Fsp3) is 0.316. The number of amides is 2. The van der Waals surface area contributed by atoms with E-state index in [4.69, 9.17) is 0 Å². The predicted molar refractivity (Wildman–Crippen MR) is 103 cm³/mol. The molecule has 0 atom stereocenters. The second-order valence-electron chi connectivity index (χ2n) is 5.91. The fourth-order valence-corrected chi connectivity index (χ4v) is 3.37. The predicted octanol–water partition coefficient (Wildman–Crippen LogP) is 2.48. The van der Waals surface area contributed by atoms with Gasteiger partial charge in [-0.2, -0.15) is 0 Å². The van der Waals surface area contributed by atoms with Crippen molar-refractivity contribution in [2.24, 2.45) is 0 Å². The zero-order chi connectivity index (χ0) is 18.4. The number of nitrogens with zero attached hydrogens (tertiary/aromatic N) is 2. The zero-order valence-corrected chi connectivity index (χ0v) is 15.5. The van der Waals surface area contributed by atoms with E-state index < -0.39 is 0 Å². The molecule has 2 heterocycles. The van der Waals surface area contributed by atoms with E-state index in [0.717, 1.165) is 21.7 Å². The van der Waals surface area contributed by atoms with Crippen molar-refractivity contribution in [3.05, 3.63) is 52.5 Å². The topological polar surface area (TPSA) is 76.0 Å². The minimum atomic E-state index is -0.0552. The van der Waals surface area contributed by atoms with Crippen molar-refractivity contribution < 1.29 is 9.59 Å². The maximum atomic E-state index is 12.4. The molecular formula is C19H22N4O2S. The molecule has 2 N–H and O–H groups in total. The van der Waals surface area contributed by atoms with Gasteiger partial charge in [0.1, 0.15) is 12.4 Å². The van der Waals surface area contributed by atoms with Crippen molar-refractivity contribution in [3.63, 3.8) is 0 Å². The van der Waals surface area contributed by atoms with Gasteiger partial charge in [-0.05, 0) is 23.6 Å². The van der Waals surface area contributed by atoms with Crippen LogP contribution in [0.3, 0.4) is 0 Å². The summed E-state index contributed by atoms with van der Waals surface area (Å²) in [5, 5.41) is 7.80. The van der Waals surface area contributed by atoms with Gasteiger partial charge in [0, 0.05) is 24.3 Å². The van der Waals surface area contributed by atoms with Crippen LogP contribution in [-0.2, 0) is 29.1 Å². The third-order valence-electron chi connectivity index (χ3n) is 4.07. The number of hydrogen-bond donors (Lipinski definition) is 2. The molecule has 2 aromatic heterocycles. The molecule has 3 rings (SSSR count). The maximum absolute atomic E-state index is 12.4. The van der Waals surface area contributed by atoms with Gasteiger partial charge in [0.25, 0.3) is 0 Å². The molecule has 0 aliphatic heterocycles. The Morgan fingerprint density at radius 1 is 1.12 bits per heavy atom. The molecule has 0 radical (unpaired) electrons. The van der Waals surface area contributed by atoms with Crippen LogP contribution in [0.25, 0.3) is 11.0 Å². The van der Waals surface area contributed by atoms with E-state index in [2.05, 4.69) is 15.6 Å². The number of hydrogen-bond acceptors (Lipinski definition) is 4. The monoisotopic (exact) mass is 370 g/mol. The van der Waals surface area contributed by atoms with Gasteiger partial charge in [0.15, 0.2) is 0 Å². The highest BCUT2D eigenvalue weighted by molar-refractivity contribution is 7.09. The number of imidazole rings is 1. The van der Waals surface area contributed by atoms with Gasteiger partial charge >= 0.3 is 0 Å². The third-order valence-corrected chi connectivity index (χ3v) is 4.94. The van der Waals surface area contributed by atoms with Crippen molar-refractivity contribution in [1.82, 2.24) is 20.2 Å². The highest BCUT2D eigenvalue weighted by Gasteiger charge is 2.13. The lowest BCUT2D eigenvalue weighted by Gasteiger charge is -2.10. The Morgan fingerprint density at radius 2 is 1.96 bits per heavy atom. The number of carbonyl (C=O) groups excluding carboxylic acids is 2. The van der Waals surface area contributed by atoms with E-state index in [1.54, 1.807) is 11.3 Å². The summed E-state index contributed by atoms with van der Waals surface area (Å²) in [5.74, 6) is 0.760. The Kier molecular flexibility index (Phi) is 6.01. The number of thiophene rings is 1. The Hall–Kier alpha value is -2.67. The lowest BCUT2D eigenvalue weighted by Crippen LogP contribution is -2.29. The Morgan fingerprint density at radius 3 is 2.73 bits per heavy atom. The number of benzene rings is 1. The van der Waals surface area contributed by atoms with Crippen LogP contribution in [0, 0.1) is 0 Å². The summed E-state index contributed by atoms with van der Waals surface area (Å²) >= 11 is 1.62. The van der Waals surface area contributed by atoms with Gasteiger partial charge in [-0.1, -0.05) is 25.1 Å². The summed E-state index contributed by atoms with van der Waals surface area (Å²) in [6.45, 7) is 3.07. The van der Waals surface area contributed by atoms with Crippen LogP contribution in [0.1, 0.15) is 24.0 Å². The minimum absolute atomic E-state index is 0.0151. The first-order valence-electron chi connectivity index (χ1n) is 8.67. The molecule has 136 valence electrons. The maximum Gasteiger partial charge on any atom is 0.240 e. The quantitative estimate of drug-likeness (QED) is 0.640. The van der Waals surface area contributed by atoms with Crippen LogP contribution >= 0.6 is 11.3 Å². The minimum Gasteiger partial charge on any atom is -0.356 e. The van der Waals surface area contributed by atoms with E-state index in [-0.39, 0.29) is 18.4 Å². The number of rotatable bonds is 8. The molecule has 26 heavy (non-hydrogen) atoms. The van der Waals surface area contributed by atoms with Crippen LogP contribution < -0.4 is 10.6 Å². The smallest absolute Gasteiger partial charge is 0.240 e. The number of nitrogens with one attached hydrogen (secondary N) is 2. The molecule has 0 spiro atoms. The van der Waals surface area contributed by atoms with Crippen LogP contribution in [0.5, 0.6) is 0 Å². The third kappa shape index (κ3) is 4.49. The molecule has 1 aromatic carbocycles. The van der Waals surface area contributed by atoms with Crippen molar-refractivity contribution in [2.45, 2.75) is 32.9 Å². The first-order valence-corrected chi connectivity index (χ1v) is 9.55. The largest absolute Gasteiger partial charge is 0.356 e. The van der Waals surface area contributed by atoms with Gasteiger partial charge < -0.3 is 15.2 Å². The lowest BCUT2D eigenvalue weighted by atomic mass is 10.3. The molecular weight excluding hydrogens is 348 g/mol. The summed E-state index contributed by atoms with van der Waals surface area (Å²) in [6.07, 6.45) is 1.04. The van der Waals surface area contributed by atoms with Crippen molar-refractivity contribution in [2.75, 3.05) is 6.54 Å². The summed E-state index contributed by atoms with van der Waals surface area (Å²) in [5.41, 5.74) is 1.78. The van der Waals surface area contributed by atoms with E-state index in [1.165, 1.54) is 0 Å². The van der Waals surface area contributed by atoms with Crippen LogP contribution in [0.2, 0.25) is 0 Å². The summed E-state index contributed by atoms with van der Waals surface area (Å²) in [6, 6.07) is 11.7. The highest BCUT2D eigenvalue weighted by Crippen LogP contribution is 2.16. The normalized spacial score (nSPS) is 10.8. The van der Waals surface area contributed by atoms with Gasteiger partial charge in [0.05, 0.1) is 17.6 Å². The number of fused-ring (bicyclic) bond motifs is 1. The summed E-state index contributed by atoms with van der Waals surface area (Å²) in [4.78, 5) is 29.6. The second kappa shape index (κ2) is 8.62. The Labute approximate surface area is 156 Å². The number of aromatic nitrogens is 2. The first kappa shape index (κ1) is 18.1. The zero-order valence-electron chi connectivity index (χ0n) is 14.7. The molecule has 0 saturated carbocycles. The van der Waals surface area contributed by atoms with Crippen LogP contribution in [0.15, 0.2) is 41.8 Å². The van der Waals surface area contributed by atoms with Gasteiger partial charge in [-0.15, -0.1) is 11.3 Å². The Bertz CT molecular complexity index is 886. The highest BCUT2D eigenvalue weighted by atomic mass is 32.1. The van der Waals surface area contributed by atoms with Crippen LogP contribution in [-0.4, -0.2) is 27.9 Å². The molecule has 0 fully saturated rings. The average molecular weight is 370 g/mol. The van der Waals surface area contributed by atoms with Crippen molar-refractivity contribution >= 4 is 34.2 Å². The van der Waals surface area contributed by atoms with Crippen molar-refractivity contribution in [1.29, 1.82) is 0 Å². The standard InChI is InChI=1S/C19H22N4O2S/c1-2-18(24)20-10-9-17-22-15-7-3-4-8-16(15)23(17)13-19(25)21-12-14-6-5-11-26-14/h3-8,11H,2,9-10,12-13H2,1H3,(H,20,24)(H,21,25). The average Bonchev–Trinajstić information content (AvgIpc) is 3.28. The number of carbonyl (C=O) groups is 2. The van der Waals surface area contributed by atoms with E-state index in [1.807, 2.05) is 53.3 Å². The molecule has 3 aromatic rings. The van der Waals surface area contributed by atoms with Crippen LogP contribution in [0.4, 0.5) is 0 Å². The first-order chi connectivity index (χ1) is 12.7. The Balaban J connectivity index is 1.71. The van der Waals surface area contributed by atoms with E-state index in [9.17, 15) is 9.59 Å². The molecule has 0 aliphatic carbocycles. The fourth-order valence-electron chi connectivity index (χ4n) is 2.73. The van der Waals surface area contributed by atoms with Gasteiger partial charge in [0.2, 0.25) is 11.8 Å². The van der Waals surface area contributed by atoms with Gasteiger partial charge in [-0.25, -0.2) is 4.98 Å². The molecule has 2 amide bonds. The summed E-state index contributed by atoms with van der Waals surface area (Å²) in [7, 11) is 0. The summed E-state index contributed by atoms with van der Waals surface area (Å²) < 4.78 is 1.93. The molecule has 6 nitrogen and oxygen atoms in total. The lowest BCUT2D eigenvalue weighted by molar-refractivity contribution is -0.122. The molecule has 0 bridgehead atoms. The van der Waals surface area contributed by atoms with E-state index in [0.29, 0.717) is 25.9 Å². The SMILES string of the molecule is CCC(=O)NCCc1nc2ccccc2n1CC(=O)NCc1cccs1. The van der Waals surface area contributed by atoms with Crippen molar-refractivity contribution in [3.8, 4) is 0 Å². The second-order valence-corrected chi connectivity index (χ2v) is 6.94. The van der Waals surface area contributed by atoms with Gasteiger partial charge in [-0.3, -0.25) is 9.59 Å². The number of para-hydroxylation sites is 2. The molecule has 0 aliphatic rings. The molecule has 0 saturated heterocycles. The van der Waals surface area contributed by atoms with E-state index >= 15 is 0 Å². The molecule has 7 heteroatoms. The molecule has 0 unspecified atom stereocenters.